The minimum absolute atomic E-state index is 0.0130. The van der Waals surface area contributed by atoms with Crippen LogP contribution in [0.2, 0.25) is 0 Å². The zero-order valence-electron chi connectivity index (χ0n) is 19.1. The number of carbonyl (C=O) groups is 2. The van der Waals surface area contributed by atoms with E-state index in [4.69, 9.17) is 4.74 Å². The summed E-state index contributed by atoms with van der Waals surface area (Å²) in [5.74, 6) is 0.771. The summed E-state index contributed by atoms with van der Waals surface area (Å²) in [5.41, 5.74) is 0.916. The molecule has 0 spiro atoms. The number of methoxy groups -OCH3 is 1. The first-order chi connectivity index (χ1) is 13.0. The van der Waals surface area contributed by atoms with Crippen molar-refractivity contribution in [3.8, 4) is 0 Å². The Hall–Kier alpha value is -1.00. The number of hydrogen-bond acceptors (Lipinski definition) is 4. The van der Waals surface area contributed by atoms with Crippen molar-refractivity contribution in [1.82, 2.24) is 0 Å². The molecule has 1 aliphatic rings. The minimum atomic E-state index is -0.541. The smallest absolute Gasteiger partial charge is 0.123 e. The molecule has 2 atom stereocenters. The van der Waals surface area contributed by atoms with Gasteiger partial charge in [0, 0.05) is 19.4 Å². The first-order valence-corrected chi connectivity index (χ1v) is 10.9. The molecule has 1 N–H and O–H groups in total. The van der Waals surface area contributed by atoms with Gasteiger partial charge >= 0.3 is 0 Å². The maximum Gasteiger partial charge on any atom is 0.123 e. The summed E-state index contributed by atoms with van der Waals surface area (Å²) in [7, 11) is 1.74. The Bertz CT molecular complexity index is 460. The Labute approximate surface area is 173 Å². The van der Waals surface area contributed by atoms with Crippen LogP contribution >= 0.6 is 0 Å². The van der Waals surface area contributed by atoms with Crippen molar-refractivity contribution >= 4 is 12.6 Å². The van der Waals surface area contributed by atoms with Gasteiger partial charge in [-0.3, -0.25) is 0 Å². The van der Waals surface area contributed by atoms with Crippen molar-refractivity contribution in [1.29, 1.82) is 0 Å². The van der Waals surface area contributed by atoms with Crippen molar-refractivity contribution in [3.05, 3.63) is 11.6 Å². The van der Waals surface area contributed by atoms with E-state index in [0.717, 1.165) is 70.4 Å². The lowest BCUT2D eigenvalue weighted by molar-refractivity contribution is -0.111. The highest BCUT2D eigenvalue weighted by atomic mass is 16.5. The van der Waals surface area contributed by atoms with Gasteiger partial charge in [-0.15, -0.1) is 0 Å². The number of ether oxygens (including phenoxy) is 1. The van der Waals surface area contributed by atoms with Gasteiger partial charge in [-0.05, 0) is 78.6 Å². The maximum atomic E-state index is 10.5. The monoisotopic (exact) mass is 396 g/mol. The summed E-state index contributed by atoms with van der Waals surface area (Å²) in [6, 6.07) is 0. The van der Waals surface area contributed by atoms with Gasteiger partial charge in [0.2, 0.25) is 0 Å². The molecule has 0 aromatic carbocycles. The number of allylic oxidation sites excluding steroid dienone is 2. The van der Waals surface area contributed by atoms with E-state index in [9.17, 15) is 14.7 Å². The van der Waals surface area contributed by atoms with Crippen LogP contribution in [-0.2, 0) is 14.3 Å². The van der Waals surface area contributed by atoms with Crippen LogP contribution in [0.3, 0.4) is 0 Å². The van der Waals surface area contributed by atoms with Crippen LogP contribution in [-0.4, -0.2) is 36.0 Å². The average molecular weight is 397 g/mol. The van der Waals surface area contributed by atoms with Crippen LogP contribution < -0.4 is 0 Å². The quantitative estimate of drug-likeness (QED) is 0.341. The first-order valence-electron chi connectivity index (χ1n) is 10.9. The zero-order valence-corrected chi connectivity index (χ0v) is 19.1. The summed E-state index contributed by atoms with van der Waals surface area (Å²) in [5, 5.41) is 9.56. The molecule has 0 aliphatic heterocycles. The van der Waals surface area contributed by atoms with Gasteiger partial charge in [-0.25, -0.2) is 0 Å². The standard InChI is InChI=1S/C13H22O2.C11H22O2/c1-13(2,15)9-3-4-11-5-7-12(10-14)8-6-11;1-10(7-9-12)6-5-8-11(2,3)13-4/h5,10,12,15H,3-4,6-9H2,1-2H3;9-10H,5-8H2,1-4H3. The molecular weight excluding hydrogens is 352 g/mol. The highest BCUT2D eigenvalue weighted by molar-refractivity contribution is 5.54. The fourth-order valence-corrected chi connectivity index (χ4v) is 3.27. The van der Waals surface area contributed by atoms with Crippen molar-refractivity contribution in [2.75, 3.05) is 7.11 Å². The number of aldehydes is 2. The molecule has 0 radical (unpaired) electrons. The van der Waals surface area contributed by atoms with E-state index in [1.807, 2.05) is 13.8 Å². The van der Waals surface area contributed by atoms with Gasteiger partial charge in [0.05, 0.1) is 11.2 Å². The minimum Gasteiger partial charge on any atom is -0.390 e. The van der Waals surface area contributed by atoms with E-state index in [-0.39, 0.29) is 11.5 Å². The van der Waals surface area contributed by atoms with Crippen LogP contribution in [0.5, 0.6) is 0 Å². The summed E-state index contributed by atoms with van der Waals surface area (Å²) in [6.45, 7) is 10.0. The molecule has 1 aliphatic carbocycles. The van der Waals surface area contributed by atoms with Gasteiger partial charge in [-0.2, -0.15) is 0 Å². The second-order valence-corrected chi connectivity index (χ2v) is 9.56. The number of aliphatic hydroxyl groups is 1. The lowest BCUT2D eigenvalue weighted by Gasteiger charge is -2.23. The predicted molar refractivity (Wildman–Crippen MR) is 116 cm³/mol. The molecule has 0 saturated carbocycles. The van der Waals surface area contributed by atoms with Crippen LogP contribution in [0, 0.1) is 11.8 Å². The van der Waals surface area contributed by atoms with E-state index in [1.54, 1.807) is 7.11 Å². The molecule has 0 aromatic heterocycles. The number of carbonyl (C=O) groups excluding carboxylic acids is 2. The molecule has 0 saturated heterocycles. The lowest BCUT2D eigenvalue weighted by Crippen LogP contribution is -2.22. The maximum absolute atomic E-state index is 10.5. The topological polar surface area (TPSA) is 63.6 Å². The largest absolute Gasteiger partial charge is 0.390 e. The number of rotatable bonds is 12. The molecule has 28 heavy (non-hydrogen) atoms. The van der Waals surface area contributed by atoms with Crippen LogP contribution in [0.4, 0.5) is 0 Å². The van der Waals surface area contributed by atoms with Gasteiger partial charge in [0.1, 0.15) is 12.6 Å². The Kier molecular flexibility index (Phi) is 13.6. The molecule has 0 heterocycles. The van der Waals surface area contributed by atoms with E-state index < -0.39 is 5.60 Å². The average Bonchev–Trinajstić information content (AvgIpc) is 2.62. The molecular formula is C24H44O4. The van der Waals surface area contributed by atoms with Crippen LogP contribution in [0.1, 0.15) is 98.8 Å². The molecule has 0 bridgehead atoms. The van der Waals surface area contributed by atoms with E-state index >= 15 is 0 Å². The predicted octanol–water partition coefficient (Wildman–Crippen LogP) is 5.66. The second kappa shape index (κ2) is 14.1. The Morgan fingerprint density at radius 3 is 2.36 bits per heavy atom. The molecule has 0 amide bonds. The van der Waals surface area contributed by atoms with Crippen molar-refractivity contribution in [2.24, 2.45) is 11.8 Å². The van der Waals surface area contributed by atoms with Crippen LogP contribution in [0.25, 0.3) is 0 Å². The van der Waals surface area contributed by atoms with Crippen molar-refractivity contribution in [2.45, 2.75) is 110 Å². The Morgan fingerprint density at radius 1 is 1.21 bits per heavy atom. The summed E-state index contributed by atoms with van der Waals surface area (Å²) in [4.78, 5) is 20.8. The summed E-state index contributed by atoms with van der Waals surface area (Å²) in [6.07, 6.45) is 14.3. The molecule has 0 aromatic rings. The zero-order chi connectivity index (χ0) is 21.6. The molecule has 0 fully saturated rings. The summed E-state index contributed by atoms with van der Waals surface area (Å²) < 4.78 is 5.31. The normalized spacial score (nSPS) is 18.5. The fourth-order valence-electron chi connectivity index (χ4n) is 3.27. The van der Waals surface area contributed by atoms with E-state index in [2.05, 4.69) is 26.8 Å². The summed E-state index contributed by atoms with van der Waals surface area (Å²) >= 11 is 0. The molecule has 2 unspecified atom stereocenters. The van der Waals surface area contributed by atoms with Gasteiger partial charge in [0.25, 0.3) is 0 Å². The van der Waals surface area contributed by atoms with Gasteiger partial charge in [-0.1, -0.05) is 31.4 Å². The first kappa shape index (κ1) is 27.0. The van der Waals surface area contributed by atoms with Crippen molar-refractivity contribution < 1.29 is 19.4 Å². The molecule has 1 rings (SSSR count). The number of hydrogen-bond donors (Lipinski definition) is 1. The third-order valence-corrected chi connectivity index (χ3v) is 5.55. The van der Waals surface area contributed by atoms with Crippen molar-refractivity contribution in [3.63, 3.8) is 0 Å². The molecule has 164 valence electrons. The van der Waals surface area contributed by atoms with E-state index in [1.165, 1.54) is 5.57 Å². The highest BCUT2D eigenvalue weighted by Crippen LogP contribution is 2.26. The van der Waals surface area contributed by atoms with Gasteiger partial charge < -0.3 is 19.4 Å². The Morgan fingerprint density at radius 2 is 1.89 bits per heavy atom. The van der Waals surface area contributed by atoms with Gasteiger partial charge in [0.15, 0.2) is 0 Å². The molecule has 4 nitrogen and oxygen atoms in total. The van der Waals surface area contributed by atoms with E-state index in [0.29, 0.717) is 12.3 Å². The third kappa shape index (κ3) is 15.0. The molecule has 4 heteroatoms. The highest BCUT2D eigenvalue weighted by Gasteiger charge is 2.16. The Balaban J connectivity index is 0.000000528. The van der Waals surface area contributed by atoms with Crippen LogP contribution in [0.15, 0.2) is 11.6 Å². The third-order valence-electron chi connectivity index (χ3n) is 5.55. The SMILES string of the molecule is CC(C)(O)CCCC1=CCC(C=O)CC1.COC(C)(C)CCCC(C)CC=O. The second-order valence-electron chi connectivity index (χ2n) is 9.56. The fraction of sp³-hybridized carbons (Fsp3) is 0.833. The lowest BCUT2D eigenvalue weighted by atomic mass is 9.87.